The number of amides is 1. The van der Waals surface area contributed by atoms with Crippen LogP contribution in [0.2, 0.25) is 0 Å². The number of benzene rings is 2. The SMILES string of the molecule is CCO[C@H]1C[C@@H](c2ccccc2)OC2(CCN(C(=O)c3ccc(OCC(C)(C)O)c(C)c3)CC2)C1. The molecule has 2 atom stereocenters. The first-order chi connectivity index (χ1) is 16.7. The molecular weight excluding hydrogens is 442 g/mol. The van der Waals surface area contributed by atoms with Crippen LogP contribution in [0.4, 0.5) is 0 Å². The predicted molar refractivity (Wildman–Crippen MR) is 136 cm³/mol. The van der Waals surface area contributed by atoms with Gasteiger partial charge in [0.15, 0.2) is 0 Å². The van der Waals surface area contributed by atoms with E-state index < -0.39 is 5.60 Å². The van der Waals surface area contributed by atoms with Crippen LogP contribution in [-0.4, -0.2) is 59.5 Å². The normalized spacial score (nSPS) is 22.3. The summed E-state index contributed by atoms with van der Waals surface area (Å²) in [5.41, 5.74) is 1.56. The summed E-state index contributed by atoms with van der Waals surface area (Å²) in [6.07, 6.45) is 3.53. The first-order valence-electron chi connectivity index (χ1n) is 12.8. The molecule has 6 nitrogen and oxygen atoms in total. The van der Waals surface area contributed by atoms with E-state index in [1.807, 2.05) is 43.0 Å². The number of aryl methyl sites for hydroxylation is 1. The second-order valence-corrected chi connectivity index (χ2v) is 10.6. The summed E-state index contributed by atoms with van der Waals surface area (Å²) in [5, 5.41) is 9.91. The molecule has 190 valence electrons. The largest absolute Gasteiger partial charge is 0.490 e. The number of piperidine rings is 1. The van der Waals surface area contributed by atoms with Crippen LogP contribution in [0, 0.1) is 6.92 Å². The summed E-state index contributed by atoms with van der Waals surface area (Å²) in [6, 6.07) is 15.9. The molecule has 1 spiro atoms. The molecule has 4 rings (SSSR count). The Labute approximate surface area is 209 Å². The molecule has 2 heterocycles. The van der Waals surface area contributed by atoms with Gasteiger partial charge >= 0.3 is 0 Å². The van der Waals surface area contributed by atoms with Crippen LogP contribution in [0.15, 0.2) is 48.5 Å². The van der Waals surface area contributed by atoms with E-state index in [1.165, 1.54) is 5.56 Å². The van der Waals surface area contributed by atoms with Gasteiger partial charge in [-0.1, -0.05) is 30.3 Å². The van der Waals surface area contributed by atoms with E-state index in [0.717, 1.165) is 31.2 Å². The monoisotopic (exact) mass is 481 g/mol. The molecule has 35 heavy (non-hydrogen) atoms. The quantitative estimate of drug-likeness (QED) is 0.598. The standard InChI is InChI=1S/C29H39NO5/c1-5-33-24-18-26(22-9-7-6-8-10-22)35-29(19-24)13-15-30(16-14-29)27(31)23-11-12-25(21(2)17-23)34-20-28(3,4)32/h6-12,17,24,26,32H,5,13-16,18-20H2,1-4H3/t24-,26-/m0/s1. The Bertz CT molecular complexity index is 992. The third kappa shape index (κ3) is 6.43. The van der Waals surface area contributed by atoms with Crippen molar-refractivity contribution in [3.8, 4) is 5.75 Å². The zero-order chi connectivity index (χ0) is 25.1. The first kappa shape index (κ1) is 25.7. The van der Waals surface area contributed by atoms with Crippen molar-refractivity contribution in [3.63, 3.8) is 0 Å². The van der Waals surface area contributed by atoms with Gasteiger partial charge in [-0.05, 0) is 69.9 Å². The average Bonchev–Trinajstić information content (AvgIpc) is 2.83. The summed E-state index contributed by atoms with van der Waals surface area (Å²) < 4.78 is 18.6. The summed E-state index contributed by atoms with van der Waals surface area (Å²) in [4.78, 5) is 15.2. The highest BCUT2D eigenvalue weighted by Crippen LogP contribution is 2.44. The third-order valence-corrected chi connectivity index (χ3v) is 7.01. The van der Waals surface area contributed by atoms with E-state index >= 15 is 0 Å². The van der Waals surface area contributed by atoms with Gasteiger partial charge in [0, 0.05) is 38.1 Å². The first-order valence-corrected chi connectivity index (χ1v) is 12.8. The van der Waals surface area contributed by atoms with Crippen molar-refractivity contribution in [1.29, 1.82) is 0 Å². The molecule has 0 aliphatic carbocycles. The van der Waals surface area contributed by atoms with Gasteiger partial charge in [0.1, 0.15) is 12.4 Å². The maximum atomic E-state index is 13.3. The average molecular weight is 482 g/mol. The van der Waals surface area contributed by atoms with Crippen LogP contribution in [-0.2, 0) is 9.47 Å². The van der Waals surface area contributed by atoms with Gasteiger partial charge in [0.2, 0.25) is 0 Å². The molecule has 6 heteroatoms. The number of carbonyl (C=O) groups excluding carboxylic acids is 1. The molecule has 1 amide bonds. The summed E-state index contributed by atoms with van der Waals surface area (Å²) >= 11 is 0. The number of rotatable bonds is 7. The lowest BCUT2D eigenvalue weighted by atomic mass is 9.80. The van der Waals surface area contributed by atoms with Crippen molar-refractivity contribution in [1.82, 2.24) is 4.90 Å². The topological polar surface area (TPSA) is 68.2 Å². The van der Waals surface area contributed by atoms with Gasteiger partial charge in [-0.15, -0.1) is 0 Å². The van der Waals surface area contributed by atoms with Crippen LogP contribution in [0.3, 0.4) is 0 Å². The summed E-state index contributed by atoms with van der Waals surface area (Å²) in [5.74, 6) is 0.722. The second-order valence-electron chi connectivity index (χ2n) is 10.6. The van der Waals surface area contributed by atoms with Crippen molar-refractivity contribution < 1.29 is 24.1 Å². The van der Waals surface area contributed by atoms with Crippen LogP contribution >= 0.6 is 0 Å². The molecule has 2 aliphatic heterocycles. The van der Waals surface area contributed by atoms with Gasteiger partial charge in [0.05, 0.1) is 23.4 Å². The zero-order valence-corrected chi connectivity index (χ0v) is 21.5. The second kappa shape index (κ2) is 10.7. The fourth-order valence-corrected chi connectivity index (χ4v) is 5.19. The van der Waals surface area contributed by atoms with E-state index in [9.17, 15) is 9.90 Å². The molecule has 0 saturated carbocycles. The third-order valence-electron chi connectivity index (χ3n) is 7.01. The number of likely N-dealkylation sites (tertiary alicyclic amines) is 1. The minimum Gasteiger partial charge on any atom is -0.490 e. The van der Waals surface area contributed by atoms with Crippen LogP contribution in [0.5, 0.6) is 5.75 Å². The van der Waals surface area contributed by atoms with Crippen LogP contribution in [0.25, 0.3) is 0 Å². The highest BCUT2D eigenvalue weighted by Gasteiger charge is 2.45. The fraction of sp³-hybridized carbons (Fsp3) is 0.552. The van der Waals surface area contributed by atoms with E-state index in [0.29, 0.717) is 31.0 Å². The summed E-state index contributed by atoms with van der Waals surface area (Å²) in [7, 11) is 0. The van der Waals surface area contributed by atoms with Crippen molar-refractivity contribution in [3.05, 3.63) is 65.2 Å². The number of carbonyl (C=O) groups is 1. The molecule has 2 saturated heterocycles. The number of aliphatic hydroxyl groups is 1. The lowest BCUT2D eigenvalue weighted by molar-refractivity contribution is -0.190. The summed E-state index contributed by atoms with van der Waals surface area (Å²) in [6.45, 7) is 9.60. The maximum Gasteiger partial charge on any atom is 0.253 e. The molecule has 0 unspecified atom stereocenters. The van der Waals surface area contributed by atoms with Gasteiger partial charge in [-0.3, -0.25) is 4.79 Å². The smallest absolute Gasteiger partial charge is 0.253 e. The Morgan fingerprint density at radius 2 is 1.89 bits per heavy atom. The van der Waals surface area contributed by atoms with Crippen molar-refractivity contribution in [2.75, 3.05) is 26.3 Å². The molecule has 0 aromatic heterocycles. The lowest BCUT2D eigenvalue weighted by Gasteiger charge is -2.48. The Morgan fingerprint density at radius 1 is 1.17 bits per heavy atom. The van der Waals surface area contributed by atoms with Gasteiger partial charge < -0.3 is 24.2 Å². The van der Waals surface area contributed by atoms with Crippen molar-refractivity contribution in [2.45, 2.75) is 76.8 Å². The van der Waals surface area contributed by atoms with Gasteiger partial charge in [-0.25, -0.2) is 0 Å². The van der Waals surface area contributed by atoms with E-state index in [2.05, 4.69) is 24.3 Å². The molecule has 2 aliphatic rings. The molecule has 2 fully saturated rings. The van der Waals surface area contributed by atoms with E-state index in [4.69, 9.17) is 14.2 Å². The number of hydrogen-bond donors (Lipinski definition) is 1. The Hall–Kier alpha value is -2.41. The van der Waals surface area contributed by atoms with Gasteiger partial charge in [0.25, 0.3) is 5.91 Å². The molecule has 0 radical (unpaired) electrons. The maximum absolute atomic E-state index is 13.3. The Kier molecular flexibility index (Phi) is 7.84. The minimum absolute atomic E-state index is 0.0165. The zero-order valence-electron chi connectivity index (χ0n) is 21.5. The van der Waals surface area contributed by atoms with E-state index in [-0.39, 0.29) is 30.3 Å². The fourth-order valence-electron chi connectivity index (χ4n) is 5.19. The number of nitrogens with zero attached hydrogens (tertiary/aromatic N) is 1. The minimum atomic E-state index is -0.910. The highest BCUT2D eigenvalue weighted by molar-refractivity contribution is 5.94. The Morgan fingerprint density at radius 3 is 2.51 bits per heavy atom. The van der Waals surface area contributed by atoms with E-state index in [1.54, 1.807) is 13.8 Å². The van der Waals surface area contributed by atoms with Crippen LogP contribution in [0.1, 0.15) is 74.0 Å². The van der Waals surface area contributed by atoms with Crippen molar-refractivity contribution >= 4 is 5.91 Å². The molecule has 0 bridgehead atoms. The van der Waals surface area contributed by atoms with Crippen LogP contribution < -0.4 is 4.74 Å². The molecular formula is C29H39NO5. The number of hydrogen-bond acceptors (Lipinski definition) is 5. The Balaban J connectivity index is 1.41. The molecule has 2 aromatic rings. The number of ether oxygens (including phenoxy) is 3. The molecule has 1 N–H and O–H groups in total. The molecule has 2 aromatic carbocycles. The van der Waals surface area contributed by atoms with Gasteiger partial charge in [-0.2, -0.15) is 0 Å². The lowest BCUT2D eigenvalue weighted by Crippen LogP contribution is -2.52. The van der Waals surface area contributed by atoms with Crippen molar-refractivity contribution in [2.24, 2.45) is 0 Å². The predicted octanol–water partition coefficient (Wildman–Crippen LogP) is 5.08. The highest BCUT2D eigenvalue weighted by atomic mass is 16.5.